The third-order valence-electron chi connectivity index (χ3n) is 7.04. The second-order valence-electron chi connectivity index (χ2n) is 8.88. The van der Waals surface area contributed by atoms with E-state index in [1.54, 1.807) is 0 Å². The van der Waals surface area contributed by atoms with Gasteiger partial charge in [0.25, 0.3) is 5.91 Å². The van der Waals surface area contributed by atoms with Gasteiger partial charge in [-0.05, 0) is 61.0 Å². The van der Waals surface area contributed by atoms with Crippen LogP contribution in [0.4, 0.5) is 0 Å². The van der Waals surface area contributed by atoms with Crippen molar-refractivity contribution in [2.45, 2.75) is 31.2 Å². The van der Waals surface area contributed by atoms with Gasteiger partial charge in [-0.1, -0.05) is 78.9 Å². The predicted molar refractivity (Wildman–Crippen MR) is 125 cm³/mol. The minimum absolute atomic E-state index is 0.0767. The summed E-state index contributed by atoms with van der Waals surface area (Å²) in [6.45, 7) is 3.29. The fourth-order valence-corrected chi connectivity index (χ4v) is 5.43. The minimum atomic E-state index is 0.0767. The van der Waals surface area contributed by atoms with Crippen LogP contribution in [0.1, 0.15) is 58.3 Å². The molecule has 2 heterocycles. The van der Waals surface area contributed by atoms with Gasteiger partial charge in [0.1, 0.15) is 0 Å². The zero-order chi connectivity index (χ0) is 21.0. The number of amides is 1. The molecule has 0 spiro atoms. The first kappa shape index (κ1) is 20.0. The van der Waals surface area contributed by atoms with Gasteiger partial charge in [0.15, 0.2) is 0 Å². The Labute approximate surface area is 185 Å². The van der Waals surface area contributed by atoms with Gasteiger partial charge < -0.3 is 10.2 Å². The van der Waals surface area contributed by atoms with E-state index in [-0.39, 0.29) is 11.9 Å². The summed E-state index contributed by atoms with van der Waals surface area (Å²) in [4.78, 5) is 14.8. The average molecular weight is 411 g/mol. The number of likely N-dealkylation sites (tertiary alicyclic amines) is 1. The first-order valence-corrected chi connectivity index (χ1v) is 11.5. The van der Waals surface area contributed by atoms with Crippen LogP contribution in [0, 0.1) is 5.92 Å². The zero-order valence-corrected chi connectivity index (χ0v) is 17.9. The smallest absolute Gasteiger partial charge is 0.252 e. The van der Waals surface area contributed by atoms with Crippen molar-refractivity contribution in [2.24, 2.45) is 5.92 Å². The molecule has 1 fully saturated rings. The number of piperidine rings is 1. The Morgan fingerprint density at radius 3 is 2.03 bits per heavy atom. The average Bonchev–Trinajstić information content (AvgIpc) is 3.16. The topological polar surface area (TPSA) is 32.3 Å². The molecule has 0 aliphatic carbocycles. The van der Waals surface area contributed by atoms with Crippen molar-refractivity contribution in [3.63, 3.8) is 0 Å². The summed E-state index contributed by atoms with van der Waals surface area (Å²) in [5.74, 6) is 1.20. The van der Waals surface area contributed by atoms with Crippen molar-refractivity contribution in [1.29, 1.82) is 0 Å². The lowest BCUT2D eigenvalue weighted by Crippen LogP contribution is -2.37. The van der Waals surface area contributed by atoms with Gasteiger partial charge in [0.2, 0.25) is 0 Å². The second kappa shape index (κ2) is 9.07. The molecule has 0 bridgehead atoms. The highest BCUT2D eigenvalue weighted by Crippen LogP contribution is 2.38. The second-order valence-corrected chi connectivity index (χ2v) is 8.88. The Balaban J connectivity index is 1.22. The van der Waals surface area contributed by atoms with E-state index in [0.29, 0.717) is 11.8 Å². The molecule has 2 aliphatic heterocycles. The van der Waals surface area contributed by atoms with E-state index < -0.39 is 0 Å². The van der Waals surface area contributed by atoms with Gasteiger partial charge in [0, 0.05) is 18.0 Å². The minimum Gasteiger partial charge on any atom is -0.345 e. The molecule has 31 heavy (non-hydrogen) atoms. The Hall–Kier alpha value is -2.91. The molecule has 0 radical (unpaired) electrons. The van der Waals surface area contributed by atoms with Gasteiger partial charge in [-0.25, -0.2) is 0 Å². The highest BCUT2D eigenvalue weighted by atomic mass is 16.2. The molecular formula is C28H30N2O. The number of rotatable bonds is 6. The highest BCUT2D eigenvalue weighted by Gasteiger charge is 2.31. The first-order chi connectivity index (χ1) is 15.3. The quantitative estimate of drug-likeness (QED) is 0.590. The lowest BCUT2D eigenvalue weighted by Gasteiger charge is -2.37. The standard InChI is InChI=1S/C28H30N2O/c31-28-25-14-8-7-13-24(25)26(29-28)17-20-30-18-15-23(16-19-30)27(21-9-3-1-4-10-21)22-11-5-2-6-12-22/h1-14,23,26-27H,15-20H2,(H,29,31). The third kappa shape index (κ3) is 4.28. The molecule has 158 valence electrons. The molecule has 2 aliphatic rings. The monoisotopic (exact) mass is 410 g/mol. The number of fused-ring (bicyclic) bond motifs is 1. The van der Waals surface area contributed by atoms with Crippen LogP contribution in [0.5, 0.6) is 0 Å². The van der Waals surface area contributed by atoms with Crippen molar-refractivity contribution in [3.8, 4) is 0 Å². The van der Waals surface area contributed by atoms with Crippen LogP contribution in [0.25, 0.3) is 0 Å². The molecule has 3 nitrogen and oxygen atoms in total. The number of nitrogens with zero attached hydrogens (tertiary/aromatic N) is 1. The van der Waals surface area contributed by atoms with E-state index in [1.165, 1.54) is 24.0 Å². The van der Waals surface area contributed by atoms with Crippen molar-refractivity contribution >= 4 is 5.91 Å². The van der Waals surface area contributed by atoms with E-state index in [0.717, 1.165) is 37.2 Å². The Morgan fingerprint density at radius 2 is 1.39 bits per heavy atom. The Morgan fingerprint density at radius 1 is 0.806 bits per heavy atom. The van der Waals surface area contributed by atoms with Crippen LogP contribution < -0.4 is 5.32 Å². The lowest BCUT2D eigenvalue weighted by atomic mass is 9.76. The number of carbonyl (C=O) groups excluding carboxylic acids is 1. The largest absolute Gasteiger partial charge is 0.345 e. The normalized spacial score (nSPS) is 19.4. The lowest BCUT2D eigenvalue weighted by molar-refractivity contribution is 0.0950. The van der Waals surface area contributed by atoms with Crippen LogP contribution in [0.15, 0.2) is 84.9 Å². The SMILES string of the molecule is O=C1NC(CCN2CCC(C(c3ccccc3)c3ccccc3)CC2)c2ccccc21. The summed E-state index contributed by atoms with van der Waals surface area (Å²) in [5, 5.41) is 3.16. The zero-order valence-electron chi connectivity index (χ0n) is 17.9. The molecule has 1 saturated heterocycles. The van der Waals surface area contributed by atoms with Crippen molar-refractivity contribution < 1.29 is 4.79 Å². The van der Waals surface area contributed by atoms with Gasteiger partial charge in [-0.15, -0.1) is 0 Å². The first-order valence-electron chi connectivity index (χ1n) is 11.5. The molecule has 1 atom stereocenters. The van der Waals surface area contributed by atoms with Crippen LogP contribution >= 0.6 is 0 Å². The van der Waals surface area contributed by atoms with Crippen LogP contribution in [0.3, 0.4) is 0 Å². The number of benzene rings is 3. The van der Waals surface area contributed by atoms with Crippen LogP contribution in [-0.4, -0.2) is 30.4 Å². The van der Waals surface area contributed by atoms with Crippen molar-refractivity contribution in [3.05, 3.63) is 107 Å². The van der Waals surface area contributed by atoms with Gasteiger partial charge in [-0.3, -0.25) is 4.79 Å². The molecule has 0 saturated carbocycles. The van der Waals surface area contributed by atoms with E-state index in [9.17, 15) is 4.79 Å². The molecule has 5 rings (SSSR count). The number of carbonyl (C=O) groups is 1. The molecule has 3 aromatic carbocycles. The number of hydrogen-bond donors (Lipinski definition) is 1. The maximum Gasteiger partial charge on any atom is 0.252 e. The van der Waals surface area contributed by atoms with E-state index in [1.807, 2.05) is 18.2 Å². The van der Waals surface area contributed by atoms with Crippen molar-refractivity contribution in [2.75, 3.05) is 19.6 Å². The number of hydrogen-bond acceptors (Lipinski definition) is 2. The molecule has 1 N–H and O–H groups in total. The van der Waals surface area contributed by atoms with Gasteiger partial charge in [0.05, 0.1) is 6.04 Å². The Bertz CT molecular complexity index is 970. The maximum atomic E-state index is 12.2. The fraction of sp³-hybridized carbons (Fsp3) is 0.321. The molecule has 0 aromatic heterocycles. The van der Waals surface area contributed by atoms with Crippen molar-refractivity contribution in [1.82, 2.24) is 10.2 Å². The van der Waals surface area contributed by atoms with Crippen LogP contribution in [-0.2, 0) is 0 Å². The van der Waals surface area contributed by atoms with E-state index >= 15 is 0 Å². The van der Waals surface area contributed by atoms with Crippen LogP contribution in [0.2, 0.25) is 0 Å². The van der Waals surface area contributed by atoms with E-state index in [2.05, 4.69) is 76.9 Å². The fourth-order valence-electron chi connectivity index (χ4n) is 5.43. The summed E-state index contributed by atoms with van der Waals surface area (Å²) in [6.07, 6.45) is 3.40. The molecule has 1 unspecified atom stereocenters. The Kier molecular flexibility index (Phi) is 5.86. The summed E-state index contributed by atoms with van der Waals surface area (Å²) in [5.41, 5.74) is 4.87. The van der Waals surface area contributed by atoms with Gasteiger partial charge >= 0.3 is 0 Å². The summed E-state index contributed by atoms with van der Waals surface area (Å²) < 4.78 is 0. The predicted octanol–water partition coefficient (Wildman–Crippen LogP) is 5.41. The highest BCUT2D eigenvalue weighted by molar-refractivity contribution is 5.99. The molecule has 3 heteroatoms. The molecular weight excluding hydrogens is 380 g/mol. The molecule has 1 amide bonds. The molecule has 3 aromatic rings. The third-order valence-corrected chi connectivity index (χ3v) is 7.04. The maximum absolute atomic E-state index is 12.2. The number of nitrogens with one attached hydrogen (secondary N) is 1. The van der Waals surface area contributed by atoms with E-state index in [4.69, 9.17) is 0 Å². The summed E-state index contributed by atoms with van der Waals surface area (Å²) in [6, 6.07) is 30.1. The summed E-state index contributed by atoms with van der Waals surface area (Å²) in [7, 11) is 0. The summed E-state index contributed by atoms with van der Waals surface area (Å²) >= 11 is 0. The van der Waals surface area contributed by atoms with Gasteiger partial charge in [-0.2, -0.15) is 0 Å².